The number of anilines is 1. The van der Waals surface area contributed by atoms with E-state index in [9.17, 15) is 29.8 Å². The van der Waals surface area contributed by atoms with Crippen molar-refractivity contribution in [3.63, 3.8) is 0 Å². The highest BCUT2D eigenvalue weighted by molar-refractivity contribution is 6.32. The number of oxime groups is 1. The molecule has 0 bridgehead atoms. The fourth-order valence-corrected chi connectivity index (χ4v) is 3.37. The maximum atomic E-state index is 13.1. The second-order valence-corrected chi connectivity index (χ2v) is 6.41. The van der Waals surface area contributed by atoms with Gasteiger partial charge in [-0.15, -0.1) is 0 Å². The van der Waals surface area contributed by atoms with Gasteiger partial charge in [-0.2, -0.15) is 0 Å². The summed E-state index contributed by atoms with van der Waals surface area (Å²) < 4.78 is 5.15. The number of hydrogen-bond donors (Lipinski definition) is 0. The molecule has 1 saturated heterocycles. The predicted octanol–water partition coefficient (Wildman–Crippen LogP) is 1.80. The van der Waals surface area contributed by atoms with Crippen LogP contribution in [0.2, 0.25) is 0 Å². The van der Waals surface area contributed by atoms with Crippen LogP contribution < -0.4 is 9.64 Å². The van der Waals surface area contributed by atoms with Crippen LogP contribution in [0, 0.1) is 26.1 Å². The molecule has 0 spiro atoms. The zero-order valence-corrected chi connectivity index (χ0v) is 15.3. The third-order valence-electron chi connectivity index (χ3n) is 4.80. The van der Waals surface area contributed by atoms with Crippen molar-refractivity contribution in [2.75, 3.05) is 12.0 Å². The maximum absolute atomic E-state index is 13.1. The van der Waals surface area contributed by atoms with Crippen molar-refractivity contribution in [1.29, 1.82) is 0 Å². The van der Waals surface area contributed by atoms with Crippen LogP contribution in [-0.4, -0.2) is 40.6 Å². The minimum absolute atomic E-state index is 0.0808. The molecule has 12 heteroatoms. The fourth-order valence-electron chi connectivity index (χ4n) is 3.37. The van der Waals surface area contributed by atoms with E-state index in [4.69, 9.17) is 9.57 Å². The van der Waals surface area contributed by atoms with E-state index in [1.165, 1.54) is 43.5 Å². The molecule has 0 aromatic heterocycles. The SMILES string of the molecule is COc1ccc([N+](=O)[O-])cc1N1C(=O)[C@@H]2C(c3ccc([N+](=O)[O-])cc3)=NO[C@H]2C1=O. The summed E-state index contributed by atoms with van der Waals surface area (Å²) in [6.45, 7) is 0. The topological polar surface area (TPSA) is 154 Å². The van der Waals surface area contributed by atoms with Gasteiger partial charge in [0, 0.05) is 29.8 Å². The molecule has 12 nitrogen and oxygen atoms in total. The van der Waals surface area contributed by atoms with Crippen LogP contribution in [0.3, 0.4) is 0 Å². The van der Waals surface area contributed by atoms with E-state index in [1.807, 2.05) is 0 Å². The number of carbonyl (C=O) groups excluding carboxylic acids is 2. The number of benzene rings is 2. The Bertz CT molecular complexity index is 1130. The number of methoxy groups -OCH3 is 1. The second-order valence-electron chi connectivity index (χ2n) is 6.41. The van der Waals surface area contributed by atoms with Gasteiger partial charge in [0.15, 0.2) is 0 Å². The molecule has 2 amide bonds. The Morgan fingerprint density at radius 2 is 1.63 bits per heavy atom. The largest absolute Gasteiger partial charge is 0.495 e. The second kappa shape index (κ2) is 6.92. The lowest BCUT2D eigenvalue weighted by molar-refractivity contribution is -0.385. The number of carbonyl (C=O) groups is 2. The standard InChI is InChI=1S/C18H12N4O8/c1-29-13-7-6-11(22(27)28)8-12(13)20-17(23)14-15(19-30-16(14)18(20)24)9-2-4-10(5-3-9)21(25)26/h2-8,14,16H,1H3/t14-,16-/m1/s1. The summed E-state index contributed by atoms with van der Waals surface area (Å²) in [6, 6.07) is 8.83. The molecule has 0 aliphatic carbocycles. The molecule has 0 N–H and O–H groups in total. The number of nitro groups is 2. The zero-order chi connectivity index (χ0) is 21.6. The molecule has 30 heavy (non-hydrogen) atoms. The average molecular weight is 412 g/mol. The lowest BCUT2D eigenvalue weighted by Gasteiger charge is -2.18. The molecule has 2 aliphatic heterocycles. The van der Waals surface area contributed by atoms with Crippen LogP contribution >= 0.6 is 0 Å². The fraction of sp³-hybridized carbons (Fsp3) is 0.167. The first-order valence-corrected chi connectivity index (χ1v) is 8.52. The third-order valence-corrected chi connectivity index (χ3v) is 4.80. The number of nitro benzene ring substituents is 2. The van der Waals surface area contributed by atoms with Gasteiger partial charge in [0.05, 0.1) is 17.0 Å². The van der Waals surface area contributed by atoms with Gasteiger partial charge < -0.3 is 9.57 Å². The Morgan fingerprint density at radius 1 is 1.00 bits per heavy atom. The predicted molar refractivity (Wildman–Crippen MR) is 100 cm³/mol. The van der Waals surface area contributed by atoms with Crippen molar-refractivity contribution < 1.29 is 29.0 Å². The van der Waals surface area contributed by atoms with Gasteiger partial charge in [-0.05, 0) is 18.2 Å². The van der Waals surface area contributed by atoms with Gasteiger partial charge in [0.2, 0.25) is 12.0 Å². The summed E-state index contributed by atoms with van der Waals surface area (Å²) in [7, 11) is 1.30. The van der Waals surface area contributed by atoms with Crippen LogP contribution in [0.5, 0.6) is 5.75 Å². The number of nitrogens with zero attached hydrogens (tertiary/aromatic N) is 4. The van der Waals surface area contributed by atoms with E-state index in [-0.39, 0.29) is 28.5 Å². The zero-order valence-electron chi connectivity index (χ0n) is 15.3. The van der Waals surface area contributed by atoms with Gasteiger partial charge in [0.25, 0.3) is 17.3 Å². The van der Waals surface area contributed by atoms with Crippen LogP contribution in [-0.2, 0) is 14.4 Å². The normalized spacial score (nSPS) is 19.9. The van der Waals surface area contributed by atoms with Crippen molar-refractivity contribution in [3.8, 4) is 5.75 Å². The molecule has 2 aliphatic rings. The van der Waals surface area contributed by atoms with Gasteiger partial charge >= 0.3 is 0 Å². The molecule has 0 saturated carbocycles. The molecule has 2 aromatic rings. The first kappa shape index (κ1) is 19.0. The van der Waals surface area contributed by atoms with E-state index in [1.54, 1.807) is 0 Å². The molecular weight excluding hydrogens is 400 g/mol. The van der Waals surface area contributed by atoms with Crippen LogP contribution in [0.4, 0.5) is 17.1 Å². The van der Waals surface area contributed by atoms with Crippen molar-refractivity contribution in [1.82, 2.24) is 0 Å². The molecule has 0 unspecified atom stereocenters. The highest BCUT2D eigenvalue weighted by Crippen LogP contribution is 2.40. The molecular formula is C18H12N4O8. The number of hydrogen-bond acceptors (Lipinski definition) is 9. The summed E-state index contributed by atoms with van der Waals surface area (Å²) in [4.78, 5) is 52.7. The van der Waals surface area contributed by atoms with Gasteiger partial charge in [0.1, 0.15) is 23.1 Å². The van der Waals surface area contributed by atoms with E-state index >= 15 is 0 Å². The number of fused-ring (bicyclic) bond motifs is 1. The highest BCUT2D eigenvalue weighted by atomic mass is 16.7. The molecule has 2 aromatic carbocycles. The monoisotopic (exact) mass is 412 g/mol. The van der Waals surface area contributed by atoms with Crippen LogP contribution in [0.1, 0.15) is 5.56 Å². The Labute approximate surface area is 167 Å². The summed E-state index contributed by atoms with van der Waals surface area (Å²) in [5.74, 6) is -2.44. The summed E-state index contributed by atoms with van der Waals surface area (Å²) >= 11 is 0. The Morgan fingerprint density at radius 3 is 2.23 bits per heavy atom. The van der Waals surface area contributed by atoms with Gasteiger partial charge in [-0.25, -0.2) is 4.90 Å². The van der Waals surface area contributed by atoms with E-state index in [2.05, 4.69) is 5.16 Å². The highest BCUT2D eigenvalue weighted by Gasteiger charge is 2.56. The van der Waals surface area contributed by atoms with Crippen molar-refractivity contribution in [3.05, 3.63) is 68.3 Å². The minimum Gasteiger partial charge on any atom is -0.495 e. The molecule has 1 fully saturated rings. The lowest BCUT2D eigenvalue weighted by atomic mass is 9.94. The quantitative estimate of drug-likeness (QED) is 0.409. The Kier molecular flexibility index (Phi) is 4.38. The van der Waals surface area contributed by atoms with E-state index in [0.29, 0.717) is 5.56 Å². The summed E-state index contributed by atoms with van der Waals surface area (Å²) in [5.41, 5.74) is -0.0368. The first-order valence-electron chi connectivity index (χ1n) is 8.52. The average Bonchev–Trinajstić information content (AvgIpc) is 3.27. The molecule has 152 valence electrons. The van der Waals surface area contributed by atoms with Gasteiger partial charge in [-0.1, -0.05) is 5.16 Å². The summed E-state index contributed by atoms with van der Waals surface area (Å²) in [5, 5.41) is 25.8. The van der Waals surface area contributed by atoms with Crippen LogP contribution in [0.25, 0.3) is 0 Å². The summed E-state index contributed by atoms with van der Waals surface area (Å²) in [6.07, 6.45) is -1.24. The number of amides is 2. The maximum Gasteiger partial charge on any atom is 0.279 e. The Balaban J connectivity index is 1.72. The van der Waals surface area contributed by atoms with E-state index in [0.717, 1.165) is 11.0 Å². The smallest absolute Gasteiger partial charge is 0.279 e. The van der Waals surface area contributed by atoms with Crippen molar-refractivity contribution in [2.45, 2.75) is 6.10 Å². The third kappa shape index (κ3) is 2.82. The van der Waals surface area contributed by atoms with Gasteiger partial charge in [-0.3, -0.25) is 29.8 Å². The molecule has 2 heterocycles. The number of non-ortho nitro benzene ring substituents is 2. The molecule has 2 atom stereocenters. The van der Waals surface area contributed by atoms with Crippen molar-refractivity contribution in [2.24, 2.45) is 11.1 Å². The van der Waals surface area contributed by atoms with Crippen molar-refractivity contribution >= 4 is 34.6 Å². The number of imide groups is 1. The number of ether oxygens (including phenoxy) is 1. The minimum atomic E-state index is -1.24. The number of rotatable bonds is 5. The van der Waals surface area contributed by atoms with Crippen LogP contribution in [0.15, 0.2) is 47.6 Å². The Hall–Kier alpha value is -4.35. The molecule has 4 rings (SSSR count). The first-order chi connectivity index (χ1) is 14.3. The lowest BCUT2D eigenvalue weighted by Crippen LogP contribution is -2.33. The molecule has 0 radical (unpaired) electrons. The van der Waals surface area contributed by atoms with E-state index < -0.39 is 33.7 Å².